The van der Waals surface area contributed by atoms with Crippen LogP contribution in [-0.2, 0) is 0 Å². The van der Waals surface area contributed by atoms with Crippen molar-refractivity contribution in [2.24, 2.45) is 0 Å². The molecule has 0 heterocycles. The summed E-state index contributed by atoms with van der Waals surface area (Å²) in [5.41, 5.74) is -1.14. The highest BCUT2D eigenvalue weighted by Gasteiger charge is 2.35. The van der Waals surface area contributed by atoms with E-state index in [9.17, 15) is 17.6 Å². The quantitative estimate of drug-likeness (QED) is 0.500. The van der Waals surface area contributed by atoms with E-state index in [4.69, 9.17) is 0 Å². The number of alkyl halides is 1. The summed E-state index contributed by atoms with van der Waals surface area (Å²) >= 11 is 0. The van der Waals surface area contributed by atoms with Gasteiger partial charge in [-0.05, 0) is 13.8 Å². The Hall–Kier alpha value is -0.800. The highest BCUT2D eigenvalue weighted by molar-refractivity contribution is 5.43. The van der Waals surface area contributed by atoms with Crippen LogP contribution in [0.5, 0.6) is 0 Å². The molecule has 0 bridgehead atoms. The molecule has 0 saturated carbocycles. The van der Waals surface area contributed by atoms with Gasteiger partial charge in [0.2, 0.25) is 6.17 Å². The molecule has 0 aliphatic heterocycles. The Labute approximate surface area is 67.6 Å². The molecule has 1 radical (unpaired) electrons. The van der Waals surface area contributed by atoms with Crippen LogP contribution in [0.2, 0.25) is 0 Å². The molecule has 0 N–H and O–H groups in total. The third kappa shape index (κ3) is 1.15. The van der Waals surface area contributed by atoms with Gasteiger partial charge in [-0.25, -0.2) is 17.6 Å². The molecule has 0 aromatic carbocycles. The number of halogens is 4. The molecule has 1 rings (SSSR count). The van der Waals surface area contributed by atoms with Crippen molar-refractivity contribution < 1.29 is 17.6 Å². The van der Waals surface area contributed by atoms with Crippen molar-refractivity contribution in [3.05, 3.63) is 29.0 Å². The first-order chi connectivity index (χ1) is 5.46. The SMILES string of the molecule is CC1=C(F)C(F)=C(C)C(F)[C]1F. The highest BCUT2D eigenvalue weighted by Crippen LogP contribution is 2.39. The predicted octanol–water partition coefficient (Wildman–Crippen LogP) is 3.33. The highest BCUT2D eigenvalue weighted by atomic mass is 19.2. The lowest BCUT2D eigenvalue weighted by Crippen LogP contribution is -2.18. The smallest absolute Gasteiger partial charge is 0.210 e. The lowest BCUT2D eigenvalue weighted by Gasteiger charge is -2.19. The summed E-state index contributed by atoms with van der Waals surface area (Å²) in [5.74, 6) is -2.60. The topological polar surface area (TPSA) is 0 Å². The third-order valence-electron chi connectivity index (χ3n) is 1.83. The maximum atomic E-state index is 12.7. The van der Waals surface area contributed by atoms with Crippen molar-refractivity contribution in [2.75, 3.05) is 0 Å². The van der Waals surface area contributed by atoms with Crippen LogP contribution >= 0.6 is 0 Å². The van der Waals surface area contributed by atoms with E-state index in [1.165, 1.54) is 0 Å². The minimum atomic E-state index is -2.13. The van der Waals surface area contributed by atoms with Gasteiger partial charge in [0.1, 0.15) is 0 Å². The molecule has 0 spiro atoms. The zero-order chi connectivity index (χ0) is 9.46. The van der Waals surface area contributed by atoms with E-state index in [1.807, 2.05) is 0 Å². The standard InChI is InChI=1S/C8H7F4/c1-3-5(9)7(11)4(2)8(12)6(3)10/h5H,1-2H3. The molecule has 1 unspecified atom stereocenters. The molecule has 0 fully saturated rings. The van der Waals surface area contributed by atoms with Crippen LogP contribution < -0.4 is 0 Å². The molecular weight excluding hydrogens is 172 g/mol. The van der Waals surface area contributed by atoms with Crippen LogP contribution in [0, 0.1) is 6.17 Å². The monoisotopic (exact) mass is 179 g/mol. The minimum Gasteiger partial charge on any atom is -0.238 e. The Morgan fingerprint density at radius 2 is 1.50 bits per heavy atom. The number of hydrogen-bond acceptors (Lipinski definition) is 0. The summed E-state index contributed by atoms with van der Waals surface area (Å²) in [6.45, 7) is 2.02. The normalized spacial score (nSPS) is 27.0. The van der Waals surface area contributed by atoms with Gasteiger partial charge in [0.05, 0.1) is 0 Å². The van der Waals surface area contributed by atoms with Crippen molar-refractivity contribution in [1.29, 1.82) is 0 Å². The second kappa shape index (κ2) is 2.92. The molecule has 0 aromatic heterocycles. The predicted molar refractivity (Wildman–Crippen MR) is 36.9 cm³/mol. The first-order valence-electron chi connectivity index (χ1n) is 3.36. The van der Waals surface area contributed by atoms with E-state index >= 15 is 0 Å². The maximum Gasteiger partial charge on any atom is 0.210 e. The van der Waals surface area contributed by atoms with Gasteiger partial charge in [0, 0.05) is 11.1 Å². The van der Waals surface area contributed by atoms with Gasteiger partial charge in [-0.15, -0.1) is 0 Å². The van der Waals surface area contributed by atoms with Gasteiger partial charge >= 0.3 is 0 Å². The largest absolute Gasteiger partial charge is 0.238 e. The van der Waals surface area contributed by atoms with Gasteiger partial charge in [0.15, 0.2) is 17.8 Å². The zero-order valence-electron chi connectivity index (χ0n) is 6.59. The van der Waals surface area contributed by atoms with Crippen molar-refractivity contribution in [2.45, 2.75) is 20.0 Å². The van der Waals surface area contributed by atoms with Crippen LogP contribution in [-0.4, -0.2) is 6.17 Å². The van der Waals surface area contributed by atoms with E-state index in [0.29, 0.717) is 0 Å². The van der Waals surface area contributed by atoms with Crippen LogP contribution in [0.15, 0.2) is 22.8 Å². The Kier molecular flexibility index (Phi) is 2.26. The average molecular weight is 179 g/mol. The maximum absolute atomic E-state index is 12.7. The Bertz CT molecular complexity index is 236. The second-order valence-electron chi connectivity index (χ2n) is 2.65. The minimum absolute atomic E-state index is 0.546. The van der Waals surface area contributed by atoms with Gasteiger partial charge in [-0.1, -0.05) is 0 Å². The summed E-state index contributed by atoms with van der Waals surface area (Å²) in [6, 6.07) is 0. The van der Waals surface area contributed by atoms with Crippen molar-refractivity contribution in [1.82, 2.24) is 0 Å². The molecule has 0 saturated heterocycles. The molecule has 0 nitrogen and oxygen atoms in total. The molecule has 1 aliphatic carbocycles. The van der Waals surface area contributed by atoms with Crippen LogP contribution in [0.1, 0.15) is 13.8 Å². The summed E-state index contributed by atoms with van der Waals surface area (Å²) in [7, 11) is 0. The fourth-order valence-electron chi connectivity index (χ4n) is 0.934. The van der Waals surface area contributed by atoms with Crippen LogP contribution in [0.3, 0.4) is 0 Å². The fraction of sp³-hybridized carbons (Fsp3) is 0.375. The third-order valence-corrected chi connectivity index (χ3v) is 1.83. The molecule has 67 valence electrons. The molecule has 4 heteroatoms. The first-order valence-corrected chi connectivity index (χ1v) is 3.36. The molecule has 0 amide bonds. The second-order valence-corrected chi connectivity index (χ2v) is 2.65. The van der Waals surface area contributed by atoms with E-state index in [0.717, 1.165) is 13.8 Å². The van der Waals surface area contributed by atoms with Crippen molar-refractivity contribution in [3.63, 3.8) is 0 Å². The fourth-order valence-corrected chi connectivity index (χ4v) is 0.934. The summed E-state index contributed by atoms with van der Waals surface area (Å²) in [4.78, 5) is 0. The Morgan fingerprint density at radius 1 is 1.00 bits per heavy atom. The molecule has 1 aliphatic rings. The lowest BCUT2D eigenvalue weighted by molar-refractivity contribution is 0.292. The molecule has 12 heavy (non-hydrogen) atoms. The molecular formula is C8H7F4. The lowest BCUT2D eigenvalue weighted by atomic mass is 9.95. The zero-order valence-corrected chi connectivity index (χ0v) is 6.59. The van der Waals surface area contributed by atoms with Crippen molar-refractivity contribution in [3.8, 4) is 0 Å². The summed E-state index contributed by atoms with van der Waals surface area (Å²) < 4.78 is 50.8. The summed E-state index contributed by atoms with van der Waals surface area (Å²) in [6.07, 6.45) is -3.38. The van der Waals surface area contributed by atoms with Crippen LogP contribution in [0.25, 0.3) is 0 Å². The van der Waals surface area contributed by atoms with E-state index in [2.05, 4.69) is 0 Å². The van der Waals surface area contributed by atoms with Gasteiger partial charge in [-0.3, -0.25) is 0 Å². The molecule has 0 aromatic rings. The summed E-state index contributed by atoms with van der Waals surface area (Å²) in [5, 5.41) is 0. The van der Waals surface area contributed by atoms with E-state index in [-0.39, 0.29) is 0 Å². The number of rotatable bonds is 0. The van der Waals surface area contributed by atoms with E-state index < -0.39 is 35.1 Å². The first kappa shape index (κ1) is 9.29. The number of allylic oxidation sites excluding steroid dienone is 4. The average Bonchev–Trinajstić information content (AvgIpc) is 2.08. The van der Waals surface area contributed by atoms with E-state index in [1.54, 1.807) is 0 Å². The van der Waals surface area contributed by atoms with Gasteiger partial charge in [-0.2, -0.15) is 0 Å². The Balaban J connectivity index is 3.18. The van der Waals surface area contributed by atoms with Gasteiger partial charge < -0.3 is 0 Å². The Morgan fingerprint density at radius 3 is 2.00 bits per heavy atom. The van der Waals surface area contributed by atoms with Crippen molar-refractivity contribution >= 4 is 0 Å². The molecule has 1 atom stereocenters. The van der Waals surface area contributed by atoms with Gasteiger partial charge in [0.25, 0.3) is 0 Å². The number of hydrogen-bond donors (Lipinski definition) is 0. The van der Waals surface area contributed by atoms with Crippen LogP contribution in [0.4, 0.5) is 17.6 Å².